The fraction of sp³-hybridized carbons (Fsp3) is 0.0968. The average Bonchev–Trinajstić information content (AvgIpc) is 3.06. The second kappa shape index (κ2) is 11.7. The summed E-state index contributed by atoms with van der Waals surface area (Å²) in [6, 6.07) is 27.8. The minimum atomic E-state index is -1.33. The van der Waals surface area contributed by atoms with Crippen molar-refractivity contribution < 1.29 is 14.4 Å². The van der Waals surface area contributed by atoms with Gasteiger partial charge in [0.05, 0.1) is 28.7 Å². The van der Waals surface area contributed by atoms with Crippen molar-refractivity contribution in [3.63, 3.8) is 0 Å². The normalized spacial score (nSPS) is 14.6. The maximum Gasteiger partial charge on any atom is 0.321 e. The van der Waals surface area contributed by atoms with Crippen LogP contribution in [0.5, 0.6) is 0 Å². The molecule has 0 unspecified atom stereocenters. The lowest BCUT2D eigenvalue weighted by molar-refractivity contribution is -0.120. The molecule has 3 amide bonds. The third kappa shape index (κ3) is 5.76. The molecule has 200 valence electrons. The molecule has 1 aliphatic rings. The van der Waals surface area contributed by atoms with E-state index >= 15 is 0 Å². The van der Waals surface area contributed by atoms with Gasteiger partial charge in [-0.05, 0) is 36.8 Å². The highest BCUT2D eigenvalue weighted by molar-refractivity contribution is 6.36. The predicted octanol–water partition coefficient (Wildman–Crippen LogP) is 6.52. The first-order chi connectivity index (χ1) is 19.3. The smallest absolute Gasteiger partial charge is 0.308 e. The highest BCUT2D eigenvalue weighted by Gasteiger charge is 2.34. The van der Waals surface area contributed by atoms with E-state index in [-0.39, 0.29) is 17.4 Å². The van der Waals surface area contributed by atoms with Gasteiger partial charge in [0.2, 0.25) is 6.17 Å². The number of fused-ring (bicyclic) bond motifs is 1. The number of Topliss-reactive ketones (excluding diaryl/α,β-unsaturated/α-hetero) is 1. The fourth-order valence-corrected chi connectivity index (χ4v) is 4.96. The molecular weight excluding hydrogens is 547 g/mol. The molecule has 2 N–H and O–H groups in total. The number of rotatable bonds is 6. The third-order valence-electron chi connectivity index (χ3n) is 6.45. The number of anilines is 2. The maximum absolute atomic E-state index is 14.0. The summed E-state index contributed by atoms with van der Waals surface area (Å²) in [6.45, 7) is 1.61. The molecular formula is C31H24Cl2N4O3. The molecule has 0 bridgehead atoms. The first-order valence-corrected chi connectivity index (χ1v) is 13.2. The lowest BCUT2D eigenvalue weighted by Gasteiger charge is -2.25. The largest absolute Gasteiger partial charge is 0.321 e. The van der Waals surface area contributed by atoms with E-state index in [0.717, 1.165) is 11.1 Å². The van der Waals surface area contributed by atoms with Gasteiger partial charge in [-0.2, -0.15) is 0 Å². The van der Waals surface area contributed by atoms with Gasteiger partial charge in [0.25, 0.3) is 5.91 Å². The van der Waals surface area contributed by atoms with Gasteiger partial charge in [0, 0.05) is 21.7 Å². The van der Waals surface area contributed by atoms with Gasteiger partial charge in [-0.1, -0.05) is 96.0 Å². The van der Waals surface area contributed by atoms with E-state index in [9.17, 15) is 14.4 Å². The van der Waals surface area contributed by atoms with Gasteiger partial charge in [0.1, 0.15) is 0 Å². The summed E-state index contributed by atoms with van der Waals surface area (Å²) in [6.07, 6.45) is -1.33. The summed E-state index contributed by atoms with van der Waals surface area (Å²) in [5, 5.41) is 5.95. The predicted molar refractivity (Wildman–Crippen MR) is 159 cm³/mol. The monoisotopic (exact) mass is 570 g/mol. The molecule has 7 nitrogen and oxygen atoms in total. The Kier molecular flexibility index (Phi) is 7.96. The summed E-state index contributed by atoms with van der Waals surface area (Å²) < 4.78 is 0. The number of halogens is 2. The van der Waals surface area contributed by atoms with E-state index in [4.69, 9.17) is 28.2 Å². The summed E-state index contributed by atoms with van der Waals surface area (Å²) in [4.78, 5) is 46.6. The number of hydrogen-bond acceptors (Lipinski definition) is 4. The van der Waals surface area contributed by atoms with Crippen LogP contribution in [-0.4, -0.2) is 36.1 Å². The van der Waals surface area contributed by atoms with E-state index in [0.29, 0.717) is 33.2 Å². The van der Waals surface area contributed by atoms with Gasteiger partial charge in [-0.25, -0.2) is 9.79 Å². The summed E-state index contributed by atoms with van der Waals surface area (Å²) >= 11 is 12.2. The third-order valence-corrected chi connectivity index (χ3v) is 7.00. The van der Waals surface area contributed by atoms with Crippen LogP contribution in [-0.2, 0) is 4.79 Å². The molecule has 0 fully saturated rings. The number of para-hydroxylation sites is 1. The lowest BCUT2D eigenvalue weighted by atomic mass is 9.99. The number of hydrogen-bond donors (Lipinski definition) is 2. The second-order valence-corrected chi connectivity index (χ2v) is 9.99. The molecule has 40 heavy (non-hydrogen) atoms. The molecule has 4 aromatic rings. The van der Waals surface area contributed by atoms with Crippen molar-refractivity contribution in [2.24, 2.45) is 4.99 Å². The number of nitrogens with one attached hydrogen (secondary N) is 2. The number of amides is 3. The minimum Gasteiger partial charge on any atom is -0.308 e. The molecule has 0 aromatic heterocycles. The van der Waals surface area contributed by atoms with Gasteiger partial charge in [0.15, 0.2) is 5.78 Å². The van der Waals surface area contributed by atoms with E-state index in [1.807, 2.05) is 61.5 Å². The van der Waals surface area contributed by atoms with E-state index in [2.05, 4.69) is 10.6 Å². The van der Waals surface area contributed by atoms with Crippen LogP contribution in [0.25, 0.3) is 0 Å². The molecule has 0 saturated heterocycles. The number of aryl methyl sites for hydroxylation is 1. The van der Waals surface area contributed by atoms with Crippen molar-refractivity contribution in [2.45, 2.75) is 13.1 Å². The minimum absolute atomic E-state index is 0.235. The molecule has 0 radical (unpaired) electrons. The first-order valence-electron chi connectivity index (χ1n) is 12.5. The van der Waals surface area contributed by atoms with Crippen molar-refractivity contribution in [3.8, 4) is 0 Å². The number of aliphatic imine (C=N–C) groups is 1. The zero-order valence-corrected chi connectivity index (χ0v) is 22.9. The molecule has 1 atom stereocenters. The van der Waals surface area contributed by atoms with Gasteiger partial charge in [-0.3, -0.25) is 9.59 Å². The SMILES string of the molecule is Cc1ccccc1C(=O)CN1C(=O)[C@H](NC(=O)Nc2ccc(Cl)cc2Cl)N=C(c2ccccc2)c2ccccc21. The number of ketones is 1. The zero-order valence-electron chi connectivity index (χ0n) is 21.4. The number of benzodiazepines with no additional fused rings is 1. The number of benzene rings is 4. The quantitative estimate of drug-likeness (QED) is 0.258. The summed E-state index contributed by atoms with van der Waals surface area (Å²) in [7, 11) is 0. The van der Waals surface area contributed by atoms with Crippen LogP contribution in [0.3, 0.4) is 0 Å². The maximum atomic E-state index is 14.0. The van der Waals surface area contributed by atoms with Gasteiger partial charge < -0.3 is 15.5 Å². The molecule has 0 aliphatic carbocycles. The van der Waals surface area contributed by atoms with E-state index < -0.39 is 18.1 Å². The lowest BCUT2D eigenvalue weighted by Crippen LogP contribution is -2.50. The van der Waals surface area contributed by atoms with Gasteiger partial charge >= 0.3 is 6.03 Å². The molecule has 1 heterocycles. The number of nitrogens with zero attached hydrogens (tertiary/aromatic N) is 2. The van der Waals surface area contributed by atoms with Crippen LogP contribution in [0.2, 0.25) is 10.0 Å². The second-order valence-electron chi connectivity index (χ2n) is 9.15. The Hall–Kier alpha value is -4.46. The van der Waals surface area contributed by atoms with E-state index in [1.165, 1.54) is 11.0 Å². The highest BCUT2D eigenvalue weighted by Crippen LogP contribution is 2.29. The van der Waals surface area contributed by atoms with Crippen molar-refractivity contribution in [1.29, 1.82) is 0 Å². The van der Waals surface area contributed by atoms with Crippen LogP contribution < -0.4 is 15.5 Å². The number of carbonyl (C=O) groups is 3. The first kappa shape index (κ1) is 27.1. The summed E-state index contributed by atoms with van der Waals surface area (Å²) in [5.41, 5.74) is 4.06. The molecule has 0 saturated carbocycles. The Morgan fingerprint density at radius 1 is 0.900 bits per heavy atom. The molecule has 0 spiro atoms. The number of carbonyl (C=O) groups excluding carboxylic acids is 3. The Labute approximate surface area is 241 Å². The van der Waals surface area contributed by atoms with Crippen LogP contribution in [0.1, 0.15) is 27.0 Å². The topological polar surface area (TPSA) is 90.9 Å². The molecule has 4 aromatic carbocycles. The Bertz CT molecular complexity index is 1640. The fourth-order valence-electron chi connectivity index (χ4n) is 4.50. The van der Waals surface area contributed by atoms with Crippen LogP contribution in [0, 0.1) is 6.92 Å². The van der Waals surface area contributed by atoms with Crippen LogP contribution >= 0.6 is 23.2 Å². The Morgan fingerprint density at radius 3 is 2.35 bits per heavy atom. The standard InChI is InChI=1S/C31H24Cl2N4O3/c1-19-9-5-6-12-22(19)27(38)18-37-26-14-8-7-13-23(26)28(20-10-3-2-4-11-20)35-29(30(37)39)36-31(40)34-25-16-15-21(32)17-24(25)33/h2-17,29H,18H2,1H3,(H2,34,36,40)/t29-/m0/s1. The Balaban J connectivity index is 1.54. The van der Waals surface area contributed by atoms with Crippen molar-refractivity contribution >= 4 is 58.0 Å². The Morgan fingerprint density at radius 2 is 1.60 bits per heavy atom. The van der Waals surface area contributed by atoms with Crippen molar-refractivity contribution in [1.82, 2.24) is 5.32 Å². The summed E-state index contributed by atoms with van der Waals surface area (Å²) in [5.74, 6) is -0.793. The molecule has 1 aliphatic heterocycles. The number of urea groups is 1. The van der Waals surface area contributed by atoms with Crippen molar-refractivity contribution in [2.75, 3.05) is 16.8 Å². The van der Waals surface area contributed by atoms with Gasteiger partial charge in [-0.15, -0.1) is 0 Å². The van der Waals surface area contributed by atoms with E-state index in [1.54, 1.807) is 36.4 Å². The zero-order chi connectivity index (χ0) is 28.2. The van der Waals surface area contributed by atoms with Crippen molar-refractivity contribution in [3.05, 3.63) is 129 Å². The van der Waals surface area contributed by atoms with Crippen LogP contribution in [0.4, 0.5) is 16.2 Å². The molecule has 5 rings (SSSR count). The molecule has 9 heteroatoms. The van der Waals surface area contributed by atoms with Crippen LogP contribution in [0.15, 0.2) is 102 Å². The average molecular weight is 571 g/mol. The highest BCUT2D eigenvalue weighted by atomic mass is 35.5.